The van der Waals surface area contributed by atoms with Gasteiger partial charge in [-0.2, -0.15) is 0 Å². The Morgan fingerprint density at radius 1 is 1.17 bits per heavy atom. The minimum Gasteiger partial charge on any atom is -0.492 e. The minimum absolute atomic E-state index is 0.0755. The molecule has 154 valence electrons. The number of pyridine rings is 1. The van der Waals surface area contributed by atoms with E-state index in [9.17, 15) is 14.7 Å². The molecule has 2 atom stereocenters. The van der Waals surface area contributed by atoms with Crippen molar-refractivity contribution in [1.29, 1.82) is 0 Å². The Morgan fingerprint density at radius 2 is 1.83 bits per heavy atom. The molecule has 1 N–H and O–H groups in total. The van der Waals surface area contributed by atoms with Crippen molar-refractivity contribution in [3.8, 4) is 5.75 Å². The van der Waals surface area contributed by atoms with Crippen molar-refractivity contribution < 1.29 is 19.0 Å². The molecule has 5 rings (SSSR count). The number of methoxy groups -OCH3 is 1. The molecule has 2 aromatic rings. The highest BCUT2D eigenvalue weighted by molar-refractivity contribution is 5.97. The van der Waals surface area contributed by atoms with Crippen LogP contribution >= 0.6 is 0 Å². The van der Waals surface area contributed by atoms with E-state index in [1.165, 1.54) is 45.1 Å². The SMILES string of the molecule is COc1c(N2C[C@H]3CCCC[C@H]3C2)c(F)cc2c(=O)c(C(=O)O)cn(C3CC3)c12. The first kappa shape index (κ1) is 18.5. The molecule has 7 heteroatoms. The number of aromatic carboxylic acids is 1. The molecule has 3 fully saturated rings. The zero-order valence-corrected chi connectivity index (χ0v) is 16.5. The fraction of sp³-hybridized carbons (Fsp3) is 0.545. The van der Waals surface area contributed by atoms with Crippen molar-refractivity contribution in [2.45, 2.75) is 44.6 Å². The number of nitrogens with zero attached hydrogens (tertiary/aromatic N) is 2. The molecule has 1 aromatic carbocycles. The standard InChI is InChI=1S/C22H25FN2O4/c1-29-21-18-15(20(26)16(22(27)28)11-25(18)14-6-7-14)8-17(23)19(21)24-9-12-4-2-3-5-13(12)10-24/h8,11-14H,2-7,9-10H2,1H3,(H,27,28)/t12-,13+. The Labute approximate surface area is 167 Å². The second kappa shape index (κ2) is 6.75. The van der Waals surface area contributed by atoms with E-state index >= 15 is 4.39 Å². The minimum atomic E-state index is -1.29. The van der Waals surface area contributed by atoms with Gasteiger partial charge in [0.2, 0.25) is 5.43 Å². The summed E-state index contributed by atoms with van der Waals surface area (Å²) in [6, 6.07) is 1.33. The van der Waals surface area contributed by atoms with Crippen LogP contribution in [0.2, 0.25) is 0 Å². The molecule has 1 aromatic heterocycles. The van der Waals surface area contributed by atoms with Crippen LogP contribution in [0.1, 0.15) is 54.9 Å². The van der Waals surface area contributed by atoms with Crippen molar-refractivity contribution in [2.24, 2.45) is 11.8 Å². The highest BCUT2D eigenvalue weighted by atomic mass is 19.1. The van der Waals surface area contributed by atoms with Crippen LogP contribution in [-0.2, 0) is 0 Å². The molecule has 2 saturated carbocycles. The molecule has 0 unspecified atom stereocenters. The maximum absolute atomic E-state index is 15.3. The monoisotopic (exact) mass is 400 g/mol. The van der Waals surface area contributed by atoms with Crippen molar-refractivity contribution in [3.63, 3.8) is 0 Å². The second-order valence-electron chi connectivity index (χ2n) is 8.66. The van der Waals surface area contributed by atoms with Crippen LogP contribution in [0.4, 0.5) is 10.1 Å². The molecule has 2 heterocycles. The predicted molar refractivity (Wildman–Crippen MR) is 108 cm³/mol. The molecule has 6 nitrogen and oxygen atoms in total. The lowest BCUT2D eigenvalue weighted by molar-refractivity contribution is 0.0695. The average Bonchev–Trinajstić information content (AvgIpc) is 3.45. The molecule has 3 aliphatic rings. The highest BCUT2D eigenvalue weighted by Gasteiger charge is 2.38. The van der Waals surface area contributed by atoms with Crippen molar-refractivity contribution in [3.05, 3.63) is 33.9 Å². The fourth-order valence-electron chi connectivity index (χ4n) is 5.31. The van der Waals surface area contributed by atoms with E-state index < -0.39 is 17.2 Å². The number of fused-ring (bicyclic) bond motifs is 2. The smallest absolute Gasteiger partial charge is 0.341 e. The largest absolute Gasteiger partial charge is 0.492 e. The topological polar surface area (TPSA) is 71.8 Å². The van der Waals surface area contributed by atoms with Gasteiger partial charge in [-0.05, 0) is 43.6 Å². The molecule has 1 saturated heterocycles. The number of ether oxygens (including phenoxy) is 1. The van der Waals surface area contributed by atoms with Gasteiger partial charge < -0.3 is 19.3 Å². The highest BCUT2D eigenvalue weighted by Crippen LogP contribution is 2.46. The summed E-state index contributed by atoms with van der Waals surface area (Å²) in [5.74, 6) is -0.319. The molecule has 0 spiro atoms. The van der Waals surface area contributed by atoms with Crippen LogP contribution in [0.15, 0.2) is 17.1 Å². The van der Waals surface area contributed by atoms with E-state index in [-0.39, 0.29) is 17.0 Å². The van der Waals surface area contributed by atoms with E-state index in [2.05, 4.69) is 4.90 Å². The van der Waals surface area contributed by atoms with Gasteiger partial charge in [0.05, 0.1) is 18.0 Å². The molecule has 29 heavy (non-hydrogen) atoms. The summed E-state index contributed by atoms with van der Waals surface area (Å²) in [5, 5.41) is 9.52. The number of benzene rings is 1. The van der Waals surface area contributed by atoms with E-state index in [4.69, 9.17) is 4.74 Å². The lowest BCUT2D eigenvalue weighted by atomic mass is 9.82. The summed E-state index contributed by atoms with van der Waals surface area (Å²) in [7, 11) is 1.49. The average molecular weight is 400 g/mol. The van der Waals surface area contributed by atoms with Gasteiger partial charge in [-0.25, -0.2) is 9.18 Å². The van der Waals surface area contributed by atoms with Crippen molar-refractivity contribution in [2.75, 3.05) is 25.1 Å². The van der Waals surface area contributed by atoms with Gasteiger partial charge in [-0.15, -0.1) is 0 Å². The Hall–Kier alpha value is -2.57. The van der Waals surface area contributed by atoms with E-state index in [0.717, 1.165) is 25.9 Å². The van der Waals surface area contributed by atoms with Gasteiger partial charge >= 0.3 is 5.97 Å². The summed E-state index contributed by atoms with van der Waals surface area (Å²) in [5.41, 5.74) is -0.0726. The van der Waals surface area contributed by atoms with Gasteiger partial charge in [-0.3, -0.25) is 4.79 Å². The number of rotatable bonds is 4. The first-order valence-corrected chi connectivity index (χ1v) is 10.4. The second-order valence-corrected chi connectivity index (χ2v) is 8.66. The third kappa shape index (κ3) is 2.90. The fourth-order valence-corrected chi connectivity index (χ4v) is 5.31. The van der Waals surface area contributed by atoms with Crippen LogP contribution in [0, 0.1) is 17.7 Å². The van der Waals surface area contributed by atoms with E-state index in [1.54, 1.807) is 0 Å². The summed E-state index contributed by atoms with van der Waals surface area (Å²) in [6.45, 7) is 1.59. The molecule has 2 aliphatic carbocycles. The summed E-state index contributed by atoms with van der Waals surface area (Å²) < 4.78 is 22.8. The van der Waals surface area contributed by atoms with Crippen LogP contribution in [0.5, 0.6) is 5.75 Å². The van der Waals surface area contributed by atoms with Gasteiger partial charge in [0.15, 0.2) is 11.6 Å². The van der Waals surface area contributed by atoms with E-state index in [0.29, 0.717) is 28.8 Å². The lowest BCUT2D eigenvalue weighted by Gasteiger charge is -2.24. The Balaban J connectivity index is 1.73. The third-order valence-corrected chi connectivity index (χ3v) is 6.87. The number of aromatic nitrogens is 1. The molecule has 0 amide bonds. The van der Waals surface area contributed by atoms with Gasteiger partial charge in [0.25, 0.3) is 0 Å². The zero-order valence-electron chi connectivity index (χ0n) is 16.5. The molecule has 1 aliphatic heterocycles. The van der Waals surface area contributed by atoms with Crippen LogP contribution in [-0.4, -0.2) is 35.8 Å². The number of carbonyl (C=O) groups is 1. The molecular weight excluding hydrogens is 375 g/mol. The summed E-state index contributed by atoms with van der Waals surface area (Å²) in [6.07, 6.45) is 8.01. The Kier molecular flexibility index (Phi) is 4.29. The van der Waals surface area contributed by atoms with Crippen LogP contribution < -0.4 is 15.1 Å². The maximum atomic E-state index is 15.3. The van der Waals surface area contributed by atoms with Crippen LogP contribution in [0.25, 0.3) is 10.9 Å². The van der Waals surface area contributed by atoms with Gasteiger partial charge in [0.1, 0.15) is 11.3 Å². The quantitative estimate of drug-likeness (QED) is 0.845. The first-order valence-electron chi connectivity index (χ1n) is 10.4. The normalized spacial score (nSPS) is 24.0. The number of hydrogen-bond acceptors (Lipinski definition) is 4. The number of halogens is 1. The van der Waals surface area contributed by atoms with Gasteiger partial charge in [-0.1, -0.05) is 12.8 Å². The number of carboxylic acid groups (broad SMARTS) is 1. The lowest BCUT2D eigenvalue weighted by Crippen LogP contribution is -2.24. The van der Waals surface area contributed by atoms with Gasteiger partial charge in [0, 0.05) is 25.3 Å². The Bertz CT molecular complexity index is 1050. The predicted octanol–water partition coefficient (Wildman–Crippen LogP) is 3.81. The van der Waals surface area contributed by atoms with Crippen LogP contribution in [0.3, 0.4) is 0 Å². The summed E-state index contributed by atoms with van der Waals surface area (Å²) >= 11 is 0. The summed E-state index contributed by atoms with van der Waals surface area (Å²) in [4.78, 5) is 26.4. The van der Waals surface area contributed by atoms with Crippen molar-refractivity contribution in [1.82, 2.24) is 4.57 Å². The molecular formula is C22H25FN2O4. The molecule has 0 radical (unpaired) electrons. The van der Waals surface area contributed by atoms with Crippen molar-refractivity contribution >= 4 is 22.6 Å². The third-order valence-electron chi connectivity index (χ3n) is 6.87. The molecule has 0 bridgehead atoms. The van der Waals surface area contributed by atoms with E-state index in [1.807, 2.05) is 4.57 Å². The first-order chi connectivity index (χ1) is 14.0. The number of carboxylic acids is 1. The zero-order chi connectivity index (χ0) is 20.3. The number of hydrogen-bond donors (Lipinski definition) is 1. The maximum Gasteiger partial charge on any atom is 0.341 e. The Morgan fingerprint density at radius 3 is 2.38 bits per heavy atom. The number of anilines is 1.